The van der Waals surface area contributed by atoms with Crippen LogP contribution in [0.15, 0.2) is 18.5 Å². The molecule has 0 aromatic carbocycles. The second kappa shape index (κ2) is 7.80. The van der Waals surface area contributed by atoms with E-state index in [1.165, 1.54) is 44.9 Å². The Bertz CT molecular complexity index is 523. The second-order valence-corrected chi connectivity index (χ2v) is 7.29. The van der Waals surface area contributed by atoms with Gasteiger partial charge in [-0.1, -0.05) is 32.6 Å². The SMILES string of the molecule is CC1CCCN(C(=O)c2cncc(NC3CCCCCC3)c2)C1. The van der Waals surface area contributed by atoms with Crippen molar-refractivity contribution in [1.82, 2.24) is 9.88 Å². The number of amides is 1. The summed E-state index contributed by atoms with van der Waals surface area (Å²) in [6.45, 7) is 3.98. The minimum Gasteiger partial charge on any atom is -0.381 e. The molecule has 1 atom stereocenters. The van der Waals surface area contributed by atoms with Crippen LogP contribution in [0.4, 0.5) is 5.69 Å². The predicted octanol–water partition coefficient (Wildman–Crippen LogP) is 4.09. The first-order chi connectivity index (χ1) is 11.2. The van der Waals surface area contributed by atoms with Crippen molar-refractivity contribution in [1.29, 1.82) is 0 Å². The Morgan fingerprint density at radius 3 is 2.65 bits per heavy atom. The van der Waals surface area contributed by atoms with E-state index in [0.717, 1.165) is 30.8 Å². The van der Waals surface area contributed by atoms with Crippen molar-refractivity contribution in [3.05, 3.63) is 24.0 Å². The molecule has 0 spiro atoms. The van der Waals surface area contributed by atoms with Crippen LogP contribution < -0.4 is 5.32 Å². The van der Waals surface area contributed by atoms with Crippen molar-refractivity contribution >= 4 is 11.6 Å². The minimum absolute atomic E-state index is 0.133. The maximum absolute atomic E-state index is 12.7. The second-order valence-electron chi connectivity index (χ2n) is 7.29. The Morgan fingerprint density at radius 2 is 1.91 bits per heavy atom. The molecular weight excluding hydrogens is 286 g/mol. The average Bonchev–Trinajstić information content (AvgIpc) is 2.83. The number of nitrogens with one attached hydrogen (secondary N) is 1. The molecule has 1 saturated heterocycles. The van der Waals surface area contributed by atoms with Crippen LogP contribution in [0.1, 0.15) is 68.6 Å². The molecule has 1 saturated carbocycles. The van der Waals surface area contributed by atoms with Crippen LogP contribution in [-0.2, 0) is 0 Å². The van der Waals surface area contributed by atoms with Gasteiger partial charge in [0.2, 0.25) is 0 Å². The van der Waals surface area contributed by atoms with Crippen molar-refractivity contribution in [2.45, 2.75) is 64.3 Å². The molecule has 1 unspecified atom stereocenters. The molecule has 2 aliphatic rings. The minimum atomic E-state index is 0.133. The number of anilines is 1. The van der Waals surface area contributed by atoms with Gasteiger partial charge in [-0.15, -0.1) is 0 Å². The van der Waals surface area contributed by atoms with E-state index >= 15 is 0 Å². The molecule has 3 rings (SSSR count). The third-order valence-electron chi connectivity index (χ3n) is 5.16. The number of hydrogen-bond donors (Lipinski definition) is 1. The van der Waals surface area contributed by atoms with Gasteiger partial charge in [0, 0.05) is 31.5 Å². The van der Waals surface area contributed by atoms with Gasteiger partial charge in [-0.3, -0.25) is 9.78 Å². The molecule has 126 valence electrons. The fourth-order valence-corrected chi connectivity index (χ4v) is 3.85. The van der Waals surface area contributed by atoms with Gasteiger partial charge in [0.1, 0.15) is 0 Å². The Balaban J connectivity index is 1.65. The zero-order valence-corrected chi connectivity index (χ0v) is 14.3. The molecule has 1 aliphatic carbocycles. The van der Waals surface area contributed by atoms with Gasteiger partial charge >= 0.3 is 0 Å². The number of carbonyl (C=O) groups is 1. The fourth-order valence-electron chi connectivity index (χ4n) is 3.85. The fraction of sp³-hybridized carbons (Fsp3) is 0.684. The summed E-state index contributed by atoms with van der Waals surface area (Å²) in [5, 5.41) is 3.59. The number of carbonyl (C=O) groups excluding carboxylic acids is 1. The molecule has 23 heavy (non-hydrogen) atoms. The summed E-state index contributed by atoms with van der Waals surface area (Å²) < 4.78 is 0. The molecule has 1 aromatic heterocycles. The van der Waals surface area contributed by atoms with E-state index in [4.69, 9.17) is 0 Å². The Kier molecular flexibility index (Phi) is 5.52. The van der Waals surface area contributed by atoms with Gasteiger partial charge in [-0.25, -0.2) is 0 Å². The highest BCUT2D eigenvalue weighted by molar-refractivity contribution is 5.94. The van der Waals surface area contributed by atoms with E-state index in [2.05, 4.69) is 17.2 Å². The van der Waals surface area contributed by atoms with Crippen LogP contribution in [0.25, 0.3) is 0 Å². The topological polar surface area (TPSA) is 45.2 Å². The van der Waals surface area contributed by atoms with Gasteiger partial charge < -0.3 is 10.2 Å². The summed E-state index contributed by atoms with van der Waals surface area (Å²) in [4.78, 5) is 19.0. The third-order valence-corrected chi connectivity index (χ3v) is 5.16. The number of likely N-dealkylation sites (tertiary alicyclic amines) is 1. The van der Waals surface area contributed by atoms with Crippen LogP contribution in [-0.4, -0.2) is 34.9 Å². The van der Waals surface area contributed by atoms with Gasteiger partial charge in [0.25, 0.3) is 5.91 Å². The Hall–Kier alpha value is -1.58. The quantitative estimate of drug-likeness (QED) is 0.855. The summed E-state index contributed by atoms with van der Waals surface area (Å²) >= 11 is 0. The molecule has 0 bridgehead atoms. The average molecular weight is 315 g/mol. The van der Waals surface area contributed by atoms with Crippen LogP contribution >= 0.6 is 0 Å². The number of piperidine rings is 1. The maximum Gasteiger partial charge on any atom is 0.255 e. The molecule has 1 amide bonds. The van der Waals surface area contributed by atoms with E-state index in [9.17, 15) is 4.79 Å². The molecule has 1 aliphatic heterocycles. The first kappa shape index (κ1) is 16.3. The van der Waals surface area contributed by atoms with Crippen LogP contribution in [0, 0.1) is 5.92 Å². The molecule has 1 aromatic rings. The molecule has 2 fully saturated rings. The molecule has 4 heteroatoms. The van der Waals surface area contributed by atoms with Gasteiger partial charge in [0.15, 0.2) is 0 Å². The number of nitrogens with zero attached hydrogens (tertiary/aromatic N) is 2. The first-order valence-electron chi connectivity index (χ1n) is 9.23. The van der Waals surface area contributed by atoms with Crippen molar-refractivity contribution in [3.8, 4) is 0 Å². The van der Waals surface area contributed by atoms with E-state index in [-0.39, 0.29) is 5.91 Å². The molecule has 0 radical (unpaired) electrons. The highest BCUT2D eigenvalue weighted by Gasteiger charge is 2.22. The predicted molar refractivity (Wildman–Crippen MR) is 93.7 cm³/mol. The van der Waals surface area contributed by atoms with Crippen LogP contribution in [0.3, 0.4) is 0 Å². The molecular formula is C19H29N3O. The number of rotatable bonds is 3. The summed E-state index contributed by atoms with van der Waals surface area (Å²) in [6, 6.07) is 2.51. The Morgan fingerprint density at radius 1 is 1.13 bits per heavy atom. The van der Waals surface area contributed by atoms with Crippen LogP contribution in [0.5, 0.6) is 0 Å². The van der Waals surface area contributed by atoms with E-state index in [0.29, 0.717) is 12.0 Å². The maximum atomic E-state index is 12.7. The monoisotopic (exact) mass is 315 g/mol. The lowest BCUT2D eigenvalue weighted by Crippen LogP contribution is -2.39. The summed E-state index contributed by atoms with van der Waals surface area (Å²) in [6.07, 6.45) is 13.6. The standard InChI is InChI=1S/C19H29N3O/c1-15-7-6-10-22(14-15)19(23)16-11-18(13-20-12-16)21-17-8-4-2-3-5-9-17/h11-13,15,17,21H,2-10,14H2,1H3. The van der Waals surface area contributed by atoms with E-state index in [1.807, 2.05) is 17.2 Å². The molecule has 2 heterocycles. The van der Waals surface area contributed by atoms with E-state index in [1.54, 1.807) is 6.20 Å². The summed E-state index contributed by atoms with van der Waals surface area (Å²) in [7, 11) is 0. The summed E-state index contributed by atoms with van der Waals surface area (Å²) in [5.41, 5.74) is 1.71. The lowest BCUT2D eigenvalue weighted by Gasteiger charge is -2.31. The molecule has 4 nitrogen and oxygen atoms in total. The van der Waals surface area contributed by atoms with Crippen molar-refractivity contribution in [2.24, 2.45) is 5.92 Å². The third kappa shape index (κ3) is 4.46. The lowest BCUT2D eigenvalue weighted by molar-refractivity contribution is 0.0682. The van der Waals surface area contributed by atoms with Crippen molar-refractivity contribution in [2.75, 3.05) is 18.4 Å². The zero-order chi connectivity index (χ0) is 16.1. The Labute approximate surface area is 139 Å². The number of hydrogen-bond acceptors (Lipinski definition) is 3. The normalized spacial score (nSPS) is 23.3. The zero-order valence-electron chi connectivity index (χ0n) is 14.3. The number of aromatic nitrogens is 1. The lowest BCUT2D eigenvalue weighted by atomic mass is 10.00. The smallest absolute Gasteiger partial charge is 0.255 e. The van der Waals surface area contributed by atoms with Crippen LogP contribution in [0.2, 0.25) is 0 Å². The highest BCUT2D eigenvalue weighted by atomic mass is 16.2. The van der Waals surface area contributed by atoms with Crippen molar-refractivity contribution in [3.63, 3.8) is 0 Å². The van der Waals surface area contributed by atoms with Gasteiger partial charge in [-0.2, -0.15) is 0 Å². The van der Waals surface area contributed by atoms with Crippen molar-refractivity contribution < 1.29 is 4.79 Å². The van der Waals surface area contributed by atoms with Gasteiger partial charge in [-0.05, 0) is 37.7 Å². The summed E-state index contributed by atoms with van der Waals surface area (Å²) in [5.74, 6) is 0.738. The van der Waals surface area contributed by atoms with Gasteiger partial charge in [0.05, 0.1) is 11.3 Å². The number of pyridine rings is 1. The highest BCUT2D eigenvalue weighted by Crippen LogP contribution is 2.22. The largest absolute Gasteiger partial charge is 0.381 e. The molecule has 1 N–H and O–H groups in total. The first-order valence-corrected chi connectivity index (χ1v) is 9.23. The van der Waals surface area contributed by atoms with E-state index < -0.39 is 0 Å².